The minimum absolute atomic E-state index is 0.232. The number of ether oxygens (including phenoxy) is 1. The standard InChI is InChI=1S/C19H24N8O2/c1-6-18(21-20-14(3)16-10-11-25(4)22-16)29-12-15-13(2)8-7-9-17(15)27-19(28)26(5)23-24-27/h7-11H,6,12H2,1-5H3/b20-14+,21-18+. The van der Waals surface area contributed by atoms with Crippen LogP contribution in [0.25, 0.3) is 5.69 Å². The van der Waals surface area contributed by atoms with E-state index in [1.54, 1.807) is 11.7 Å². The van der Waals surface area contributed by atoms with Crippen LogP contribution in [0.2, 0.25) is 0 Å². The van der Waals surface area contributed by atoms with Gasteiger partial charge in [-0.15, -0.1) is 5.10 Å². The highest BCUT2D eigenvalue weighted by Gasteiger charge is 2.14. The summed E-state index contributed by atoms with van der Waals surface area (Å²) < 4.78 is 10.1. The maximum atomic E-state index is 12.3. The third kappa shape index (κ3) is 4.48. The summed E-state index contributed by atoms with van der Waals surface area (Å²) in [7, 11) is 3.41. The molecule has 0 unspecified atom stereocenters. The fourth-order valence-electron chi connectivity index (χ4n) is 2.68. The molecular formula is C19H24N8O2. The van der Waals surface area contributed by atoms with E-state index in [4.69, 9.17) is 4.74 Å². The molecule has 10 heteroatoms. The van der Waals surface area contributed by atoms with E-state index < -0.39 is 0 Å². The van der Waals surface area contributed by atoms with Crippen molar-refractivity contribution in [3.8, 4) is 5.69 Å². The molecule has 0 aliphatic carbocycles. The van der Waals surface area contributed by atoms with E-state index in [0.29, 0.717) is 23.7 Å². The molecule has 0 atom stereocenters. The SMILES string of the molecule is CC/C(=N\N=C(/C)c1ccn(C)n1)OCc1c(C)cccc1-n1nnn(C)c1=O. The van der Waals surface area contributed by atoms with E-state index in [1.165, 1.54) is 9.36 Å². The van der Waals surface area contributed by atoms with E-state index >= 15 is 0 Å². The molecule has 152 valence electrons. The van der Waals surface area contributed by atoms with Crippen molar-refractivity contribution in [1.82, 2.24) is 29.6 Å². The second-order valence-electron chi connectivity index (χ2n) is 6.57. The minimum atomic E-state index is -0.322. The van der Waals surface area contributed by atoms with Crippen LogP contribution in [0.3, 0.4) is 0 Å². The van der Waals surface area contributed by atoms with Gasteiger partial charge in [0.25, 0.3) is 0 Å². The summed E-state index contributed by atoms with van der Waals surface area (Å²) in [5.41, 5.74) is 3.58. The van der Waals surface area contributed by atoms with Crippen LogP contribution < -0.4 is 5.69 Å². The smallest absolute Gasteiger partial charge is 0.368 e. The largest absolute Gasteiger partial charge is 0.475 e. The molecule has 0 N–H and O–H groups in total. The molecule has 3 aromatic rings. The topological polar surface area (TPSA) is 104 Å². The molecule has 2 aromatic heterocycles. The highest BCUT2D eigenvalue weighted by Crippen LogP contribution is 2.18. The number of aryl methyl sites for hydroxylation is 3. The highest BCUT2D eigenvalue weighted by molar-refractivity contribution is 5.97. The van der Waals surface area contributed by atoms with Crippen molar-refractivity contribution >= 4 is 11.6 Å². The lowest BCUT2D eigenvalue weighted by atomic mass is 10.1. The Morgan fingerprint density at radius 3 is 2.59 bits per heavy atom. The molecule has 3 rings (SSSR count). The van der Waals surface area contributed by atoms with Crippen molar-refractivity contribution in [3.05, 3.63) is 57.8 Å². The van der Waals surface area contributed by atoms with Gasteiger partial charge in [0.15, 0.2) is 0 Å². The van der Waals surface area contributed by atoms with Gasteiger partial charge in [-0.3, -0.25) is 4.68 Å². The third-order valence-electron chi connectivity index (χ3n) is 4.42. The molecule has 0 amide bonds. The lowest BCUT2D eigenvalue weighted by Crippen LogP contribution is -2.23. The highest BCUT2D eigenvalue weighted by atomic mass is 16.5. The van der Waals surface area contributed by atoms with Gasteiger partial charge in [0, 0.05) is 32.3 Å². The van der Waals surface area contributed by atoms with Gasteiger partial charge in [-0.2, -0.15) is 19.6 Å². The first-order valence-corrected chi connectivity index (χ1v) is 9.22. The Bertz CT molecular complexity index is 1120. The van der Waals surface area contributed by atoms with Crippen LogP contribution in [0.5, 0.6) is 0 Å². The van der Waals surface area contributed by atoms with Gasteiger partial charge >= 0.3 is 5.69 Å². The second-order valence-corrected chi connectivity index (χ2v) is 6.57. The molecule has 0 saturated heterocycles. The summed E-state index contributed by atoms with van der Waals surface area (Å²) in [4.78, 5) is 12.3. The molecule has 1 aromatic carbocycles. The lowest BCUT2D eigenvalue weighted by Gasteiger charge is -2.13. The van der Waals surface area contributed by atoms with E-state index in [2.05, 4.69) is 25.7 Å². The molecule has 0 spiro atoms. The zero-order valence-corrected chi connectivity index (χ0v) is 17.2. The number of rotatable bonds is 6. The van der Waals surface area contributed by atoms with E-state index in [1.807, 2.05) is 58.3 Å². The molecule has 0 saturated carbocycles. The summed E-state index contributed by atoms with van der Waals surface area (Å²) >= 11 is 0. The summed E-state index contributed by atoms with van der Waals surface area (Å²) in [5, 5.41) is 20.5. The molecule has 0 radical (unpaired) electrons. The fraction of sp³-hybridized carbons (Fsp3) is 0.368. The number of tetrazole rings is 1. The van der Waals surface area contributed by atoms with Gasteiger partial charge in [0.05, 0.1) is 11.4 Å². The monoisotopic (exact) mass is 396 g/mol. The Balaban J connectivity index is 1.83. The van der Waals surface area contributed by atoms with Gasteiger partial charge in [-0.25, -0.2) is 4.79 Å². The van der Waals surface area contributed by atoms with Gasteiger partial charge in [-0.05, 0) is 42.0 Å². The lowest BCUT2D eigenvalue weighted by molar-refractivity contribution is 0.282. The van der Waals surface area contributed by atoms with E-state index in [0.717, 1.165) is 16.8 Å². The van der Waals surface area contributed by atoms with Gasteiger partial charge in [0.2, 0.25) is 5.90 Å². The van der Waals surface area contributed by atoms with Crippen molar-refractivity contribution in [2.75, 3.05) is 0 Å². The molecular weight excluding hydrogens is 372 g/mol. The molecule has 29 heavy (non-hydrogen) atoms. The van der Waals surface area contributed by atoms with Crippen molar-refractivity contribution in [2.24, 2.45) is 24.3 Å². The van der Waals surface area contributed by atoms with Crippen LogP contribution in [-0.2, 0) is 25.4 Å². The molecule has 10 nitrogen and oxygen atoms in total. The predicted molar refractivity (Wildman–Crippen MR) is 109 cm³/mol. The maximum absolute atomic E-state index is 12.3. The average molecular weight is 396 g/mol. The number of aromatic nitrogens is 6. The Kier molecular flexibility index (Phi) is 6.01. The Morgan fingerprint density at radius 2 is 1.97 bits per heavy atom. The first kappa shape index (κ1) is 20.2. The first-order valence-electron chi connectivity index (χ1n) is 9.22. The van der Waals surface area contributed by atoms with Crippen LogP contribution >= 0.6 is 0 Å². The zero-order chi connectivity index (χ0) is 21.0. The van der Waals surface area contributed by atoms with Crippen molar-refractivity contribution < 1.29 is 4.74 Å². The van der Waals surface area contributed by atoms with Crippen LogP contribution in [0.4, 0.5) is 0 Å². The van der Waals surface area contributed by atoms with Crippen LogP contribution in [0.15, 0.2) is 45.5 Å². The maximum Gasteiger partial charge on any atom is 0.368 e. The molecule has 0 aliphatic heterocycles. The molecule has 2 heterocycles. The van der Waals surface area contributed by atoms with Gasteiger partial charge < -0.3 is 4.74 Å². The van der Waals surface area contributed by atoms with Gasteiger partial charge in [0.1, 0.15) is 12.3 Å². The first-order chi connectivity index (χ1) is 13.9. The number of nitrogens with zero attached hydrogens (tertiary/aromatic N) is 8. The third-order valence-corrected chi connectivity index (χ3v) is 4.42. The minimum Gasteiger partial charge on any atom is -0.475 e. The second kappa shape index (κ2) is 8.63. The quantitative estimate of drug-likeness (QED) is 0.359. The van der Waals surface area contributed by atoms with Crippen LogP contribution in [0.1, 0.15) is 37.1 Å². The zero-order valence-electron chi connectivity index (χ0n) is 17.2. The average Bonchev–Trinajstić information content (AvgIpc) is 3.28. The van der Waals surface area contributed by atoms with E-state index in [9.17, 15) is 4.79 Å². The fourth-order valence-corrected chi connectivity index (χ4v) is 2.68. The van der Waals surface area contributed by atoms with Gasteiger partial charge in [-0.1, -0.05) is 19.1 Å². The Morgan fingerprint density at radius 1 is 1.17 bits per heavy atom. The number of hydrogen-bond acceptors (Lipinski definition) is 7. The van der Waals surface area contributed by atoms with Crippen LogP contribution in [-0.4, -0.2) is 41.2 Å². The van der Waals surface area contributed by atoms with Crippen molar-refractivity contribution in [3.63, 3.8) is 0 Å². The number of hydrogen-bond donors (Lipinski definition) is 0. The normalized spacial score (nSPS) is 12.4. The Hall–Kier alpha value is -3.56. The molecule has 0 fully saturated rings. The van der Waals surface area contributed by atoms with Crippen LogP contribution in [0, 0.1) is 6.92 Å². The van der Waals surface area contributed by atoms with Crippen molar-refractivity contribution in [2.45, 2.75) is 33.8 Å². The Labute approximate surface area is 168 Å². The molecule has 0 bridgehead atoms. The summed E-state index contributed by atoms with van der Waals surface area (Å²) in [6.45, 7) is 5.97. The summed E-state index contributed by atoms with van der Waals surface area (Å²) in [6.07, 6.45) is 2.43. The van der Waals surface area contributed by atoms with E-state index in [-0.39, 0.29) is 12.3 Å². The van der Waals surface area contributed by atoms with Crippen molar-refractivity contribution in [1.29, 1.82) is 0 Å². The summed E-state index contributed by atoms with van der Waals surface area (Å²) in [6, 6.07) is 7.51. The molecule has 0 aliphatic rings. The summed E-state index contributed by atoms with van der Waals surface area (Å²) in [5.74, 6) is 0.487. The number of benzene rings is 1. The predicted octanol–water partition coefficient (Wildman–Crippen LogP) is 1.76.